The Morgan fingerprint density at radius 3 is 2.75 bits per heavy atom. The molecule has 0 saturated heterocycles. The van der Waals surface area contributed by atoms with Crippen LogP contribution >= 0.6 is 12.2 Å². The summed E-state index contributed by atoms with van der Waals surface area (Å²) in [4.78, 5) is 14.0. The number of hydrogen-bond donors (Lipinski definition) is 1. The predicted molar refractivity (Wildman–Crippen MR) is 66.3 cm³/mol. The van der Waals surface area contributed by atoms with Gasteiger partial charge in [0, 0.05) is 33.3 Å². The number of carbonyl (C=O) groups excluding carboxylic acids is 1. The van der Waals surface area contributed by atoms with E-state index in [9.17, 15) is 4.79 Å². The van der Waals surface area contributed by atoms with Crippen molar-refractivity contribution in [2.24, 2.45) is 12.8 Å². The van der Waals surface area contributed by atoms with Crippen LogP contribution in [0.25, 0.3) is 0 Å². The van der Waals surface area contributed by atoms with Crippen LogP contribution in [0, 0.1) is 6.92 Å². The zero-order valence-corrected chi connectivity index (χ0v) is 10.5. The first-order valence-electron chi connectivity index (χ1n) is 4.96. The molecule has 1 aromatic rings. The molecule has 1 amide bonds. The van der Waals surface area contributed by atoms with Crippen LogP contribution in [0.1, 0.15) is 22.5 Å². The summed E-state index contributed by atoms with van der Waals surface area (Å²) < 4.78 is 1.63. The molecule has 1 aromatic heterocycles. The van der Waals surface area contributed by atoms with Gasteiger partial charge in [0.1, 0.15) is 0 Å². The largest absolute Gasteiger partial charge is 0.393 e. The van der Waals surface area contributed by atoms with Crippen molar-refractivity contribution >= 4 is 23.1 Å². The molecule has 88 valence electrons. The van der Waals surface area contributed by atoms with Gasteiger partial charge in [-0.2, -0.15) is 5.10 Å². The van der Waals surface area contributed by atoms with Gasteiger partial charge >= 0.3 is 0 Å². The van der Waals surface area contributed by atoms with E-state index in [0.29, 0.717) is 23.5 Å². The number of nitrogens with two attached hydrogens (primary N) is 1. The molecule has 1 heterocycles. The lowest BCUT2D eigenvalue weighted by Crippen LogP contribution is -2.30. The SMILES string of the molecule is Cc1nn(C)cc1C(=O)N(C)CCC(N)=S. The molecule has 6 heteroatoms. The Bertz CT molecular complexity index is 413. The van der Waals surface area contributed by atoms with Crippen LogP contribution in [-0.2, 0) is 7.05 Å². The predicted octanol–water partition coefficient (Wildman–Crippen LogP) is 0.477. The van der Waals surface area contributed by atoms with E-state index in [0.717, 1.165) is 5.69 Å². The van der Waals surface area contributed by atoms with Gasteiger partial charge in [0.15, 0.2) is 0 Å². The molecular weight excluding hydrogens is 224 g/mol. The number of aromatic nitrogens is 2. The van der Waals surface area contributed by atoms with Crippen molar-refractivity contribution < 1.29 is 4.79 Å². The van der Waals surface area contributed by atoms with Gasteiger partial charge in [-0.05, 0) is 6.92 Å². The summed E-state index contributed by atoms with van der Waals surface area (Å²) in [5, 5.41) is 4.13. The lowest BCUT2D eigenvalue weighted by Gasteiger charge is -2.15. The highest BCUT2D eigenvalue weighted by atomic mass is 32.1. The Kier molecular flexibility index (Phi) is 4.00. The van der Waals surface area contributed by atoms with E-state index in [-0.39, 0.29) is 5.91 Å². The number of rotatable bonds is 4. The second kappa shape index (κ2) is 5.07. The molecule has 2 N–H and O–H groups in total. The van der Waals surface area contributed by atoms with Gasteiger partial charge in [0.05, 0.1) is 16.2 Å². The third kappa shape index (κ3) is 3.03. The fraction of sp³-hybridized carbons (Fsp3) is 0.500. The highest BCUT2D eigenvalue weighted by molar-refractivity contribution is 7.80. The van der Waals surface area contributed by atoms with Gasteiger partial charge in [-0.25, -0.2) is 0 Å². The molecule has 0 aliphatic rings. The zero-order chi connectivity index (χ0) is 12.3. The summed E-state index contributed by atoms with van der Waals surface area (Å²) in [6.45, 7) is 2.34. The molecule has 0 aromatic carbocycles. The van der Waals surface area contributed by atoms with Gasteiger partial charge in [0.2, 0.25) is 0 Å². The van der Waals surface area contributed by atoms with Crippen molar-refractivity contribution in [2.75, 3.05) is 13.6 Å². The minimum absolute atomic E-state index is 0.0538. The lowest BCUT2D eigenvalue weighted by atomic mass is 10.2. The number of amides is 1. The van der Waals surface area contributed by atoms with Crippen molar-refractivity contribution in [3.63, 3.8) is 0 Å². The van der Waals surface area contributed by atoms with Crippen LogP contribution in [-0.4, -0.2) is 39.2 Å². The Morgan fingerprint density at radius 2 is 2.31 bits per heavy atom. The van der Waals surface area contributed by atoms with E-state index in [1.165, 1.54) is 0 Å². The molecule has 0 spiro atoms. The van der Waals surface area contributed by atoms with E-state index in [1.807, 2.05) is 6.92 Å². The van der Waals surface area contributed by atoms with E-state index >= 15 is 0 Å². The molecule has 0 aliphatic carbocycles. The standard InChI is InChI=1S/C10H16N4OS/c1-7-8(6-14(3)12-7)10(15)13(2)5-4-9(11)16/h6H,4-5H2,1-3H3,(H2,11,16). The molecule has 0 saturated carbocycles. The van der Waals surface area contributed by atoms with Crippen molar-refractivity contribution in [2.45, 2.75) is 13.3 Å². The molecule has 0 atom stereocenters. The molecule has 1 rings (SSSR count). The minimum atomic E-state index is -0.0538. The van der Waals surface area contributed by atoms with Crippen LogP contribution < -0.4 is 5.73 Å². The monoisotopic (exact) mass is 240 g/mol. The van der Waals surface area contributed by atoms with Gasteiger partial charge in [-0.3, -0.25) is 9.48 Å². The Hall–Kier alpha value is -1.43. The molecule has 0 radical (unpaired) electrons. The maximum absolute atomic E-state index is 12.0. The van der Waals surface area contributed by atoms with Crippen LogP contribution in [0.5, 0.6) is 0 Å². The zero-order valence-electron chi connectivity index (χ0n) is 9.73. The number of nitrogens with zero attached hydrogens (tertiary/aromatic N) is 3. The second-order valence-electron chi connectivity index (χ2n) is 3.74. The molecule has 5 nitrogen and oxygen atoms in total. The Balaban J connectivity index is 2.70. The molecular formula is C10H16N4OS. The summed E-state index contributed by atoms with van der Waals surface area (Å²) in [7, 11) is 3.52. The first-order valence-corrected chi connectivity index (χ1v) is 5.36. The van der Waals surface area contributed by atoms with Crippen LogP contribution in [0.2, 0.25) is 0 Å². The Labute approximate surface area is 100 Å². The summed E-state index contributed by atoms with van der Waals surface area (Å²) in [6, 6.07) is 0. The molecule has 0 fully saturated rings. The number of hydrogen-bond acceptors (Lipinski definition) is 3. The van der Waals surface area contributed by atoms with Crippen molar-refractivity contribution in [3.8, 4) is 0 Å². The Morgan fingerprint density at radius 1 is 1.69 bits per heavy atom. The maximum Gasteiger partial charge on any atom is 0.257 e. The van der Waals surface area contributed by atoms with E-state index in [4.69, 9.17) is 18.0 Å². The molecule has 0 bridgehead atoms. The summed E-state index contributed by atoms with van der Waals surface area (Å²) >= 11 is 4.77. The van der Waals surface area contributed by atoms with Crippen molar-refractivity contribution in [3.05, 3.63) is 17.5 Å². The lowest BCUT2D eigenvalue weighted by molar-refractivity contribution is 0.0798. The number of aryl methyl sites for hydroxylation is 2. The number of carbonyl (C=O) groups is 1. The van der Waals surface area contributed by atoms with Gasteiger partial charge < -0.3 is 10.6 Å². The summed E-state index contributed by atoms with van der Waals surface area (Å²) in [5.41, 5.74) is 6.74. The number of thiocarbonyl (C=S) groups is 1. The van der Waals surface area contributed by atoms with Gasteiger partial charge in [-0.1, -0.05) is 12.2 Å². The van der Waals surface area contributed by atoms with Gasteiger partial charge in [0.25, 0.3) is 5.91 Å². The third-order valence-corrected chi connectivity index (χ3v) is 2.49. The highest BCUT2D eigenvalue weighted by Crippen LogP contribution is 2.08. The summed E-state index contributed by atoms with van der Waals surface area (Å²) in [6.07, 6.45) is 2.26. The smallest absolute Gasteiger partial charge is 0.257 e. The first-order chi connectivity index (χ1) is 7.41. The van der Waals surface area contributed by atoms with E-state index in [1.54, 1.807) is 29.9 Å². The quantitative estimate of drug-likeness (QED) is 0.777. The van der Waals surface area contributed by atoms with Crippen molar-refractivity contribution in [1.29, 1.82) is 0 Å². The van der Waals surface area contributed by atoms with Crippen LogP contribution in [0.3, 0.4) is 0 Å². The van der Waals surface area contributed by atoms with E-state index in [2.05, 4.69) is 5.10 Å². The fourth-order valence-electron chi connectivity index (χ4n) is 1.39. The maximum atomic E-state index is 12.0. The third-order valence-electron chi connectivity index (χ3n) is 2.28. The second-order valence-corrected chi connectivity index (χ2v) is 4.27. The molecule has 0 unspecified atom stereocenters. The molecule has 0 aliphatic heterocycles. The van der Waals surface area contributed by atoms with Crippen LogP contribution in [0.4, 0.5) is 0 Å². The average molecular weight is 240 g/mol. The minimum Gasteiger partial charge on any atom is -0.393 e. The highest BCUT2D eigenvalue weighted by Gasteiger charge is 2.16. The van der Waals surface area contributed by atoms with Crippen molar-refractivity contribution in [1.82, 2.24) is 14.7 Å². The normalized spacial score (nSPS) is 10.2. The average Bonchev–Trinajstić information content (AvgIpc) is 2.53. The fourth-order valence-corrected chi connectivity index (χ4v) is 1.49. The topological polar surface area (TPSA) is 64.2 Å². The molecule has 16 heavy (non-hydrogen) atoms. The van der Waals surface area contributed by atoms with Gasteiger partial charge in [-0.15, -0.1) is 0 Å². The summed E-state index contributed by atoms with van der Waals surface area (Å²) in [5.74, 6) is -0.0538. The van der Waals surface area contributed by atoms with Crippen LogP contribution in [0.15, 0.2) is 6.20 Å². The first kappa shape index (κ1) is 12.6. The van der Waals surface area contributed by atoms with E-state index < -0.39 is 0 Å².